The number of anilines is 1. The average Bonchev–Trinajstić information content (AvgIpc) is 3.51. The molecule has 1 aromatic heterocycles. The molecule has 1 saturated carbocycles. The molecule has 0 spiro atoms. The standard InChI is InChI=1S/C38H56N8O8/c1-24(21-43-22-28-27(29(28)23-43)20-39-34(50)53-36(2,3)4)52-26-12-10-25(11-13-26)46-15-14-30(41-33(46)49)40-32(48)45-18-16-44(17-19-45)31(47)38(8,9)42-35(51)54-37(5,6)7/h10-15,24,27-29H,16-23H2,1-9H3,(H,39,50)(H,42,51)(H,40,41,48,49). The topological polar surface area (TPSA) is 177 Å². The summed E-state index contributed by atoms with van der Waals surface area (Å²) in [5.41, 5.74) is -2.36. The number of likely N-dealkylation sites (tertiary alicyclic amines) is 1. The quantitative estimate of drug-likeness (QED) is 0.325. The molecular weight excluding hydrogens is 696 g/mol. The number of carbonyl (C=O) groups is 4. The van der Waals surface area contributed by atoms with Crippen LogP contribution >= 0.6 is 0 Å². The molecule has 296 valence electrons. The molecule has 5 rings (SSSR count). The van der Waals surface area contributed by atoms with Crippen LogP contribution in [0, 0.1) is 17.8 Å². The maximum atomic E-state index is 13.2. The van der Waals surface area contributed by atoms with Gasteiger partial charge in [0, 0.05) is 58.6 Å². The van der Waals surface area contributed by atoms with E-state index in [1.165, 1.54) is 4.57 Å². The average molecular weight is 753 g/mol. The Morgan fingerprint density at radius 3 is 1.98 bits per heavy atom. The van der Waals surface area contributed by atoms with Gasteiger partial charge in [0.15, 0.2) is 0 Å². The number of rotatable bonds is 10. The summed E-state index contributed by atoms with van der Waals surface area (Å²) in [6, 6.07) is 8.30. The Labute approximate surface area is 316 Å². The van der Waals surface area contributed by atoms with Gasteiger partial charge in [-0.25, -0.2) is 19.2 Å². The van der Waals surface area contributed by atoms with E-state index in [0.717, 1.165) is 19.6 Å². The second-order valence-corrected chi connectivity index (χ2v) is 16.9. The molecule has 2 aliphatic heterocycles. The Balaban J connectivity index is 1.03. The van der Waals surface area contributed by atoms with Crippen LogP contribution < -0.4 is 26.4 Å². The van der Waals surface area contributed by atoms with E-state index in [-0.39, 0.29) is 50.1 Å². The second kappa shape index (κ2) is 15.9. The first-order valence-electron chi connectivity index (χ1n) is 18.6. The van der Waals surface area contributed by atoms with E-state index in [9.17, 15) is 24.0 Å². The number of aromatic nitrogens is 2. The van der Waals surface area contributed by atoms with E-state index < -0.39 is 34.6 Å². The fourth-order valence-electron chi connectivity index (χ4n) is 7.00. The summed E-state index contributed by atoms with van der Waals surface area (Å²) in [7, 11) is 0. The Bertz CT molecular complexity index is 1730. The van der Waals surface area contributed by atoms with Crippen LogP contribution in [0.15, 0.2) is 41.3 Å². The minimum atomic E-state index is -1.20. The summed E-state index contributed by atoms with van der Waals surface area (Å²) < 4.78 is 18.2. The van der Waals surface area contributed by atoms with Crippen LogP contribution in [-0.4, -0.2) is 124 Å². The van der Waals surface area contributed by atoms with Crippen LogP contribution in [-0.2, 0) is 14.3 Å². The lowest BCUT2D eigenvalue weighted by Gasteiger charge is -2.38. The van der Waals surface area contributed by atoms with Crippen molar-refractivity contribution in [1.29, 1.82) is 0 Å². The summed E-state index contributed by atoms with van der Waals surface area (Å²) >= 11 is 0. The lowest BCUT2D eigenvalue weighted by atomic mass is 10.0. The maximum absolute atomic E-state index is 13.2. The number of nitrogens with zero attached hydrogens (tertiary/aromatic N) is 5. The van der Waals surface area contributed by atoms with Crippen molar-refractivity contribution in [2.75, 3.05) is 57.7 Å². The van der Waals surface area contributed by atoms with E-state index in [1.807, 2.05) is 39.8 Å². The minimum absolute atomic E-state index is 0.0459. The van der Waals surface area contributed by atoms with Crippen LogP contribution in [0.2, 0.25) is 0 Å². The number of nitrogens with one attached hydrogen (secondary N) is 3. The molecule has 16 heteroatoms. The van der Waals surface area contributed by atoms with Gasteiger partial charge in [-0.05, 0) is 110 Å². The number of hydrogen-bond acceptors (Lipinski definition) is 10. The summed E-state index contributed by atoms with van der Waals surface area (Å²) in [6.45, 7) is 20.5. The first kappa shape index (κ1) is 40.3. The highest BCUT2D eigenvalue weighted by molar-refractivity contribution is 5.90. The molecule has 1 aromatic carbocycles. The molecule has 3 unspecified atom stereocenters. The van der Waals surface area contributed by atoms with E-state index >= 15 is 0 Å². The van der Waals surface area contributed by atoms with Crippen molar-refractivity contribution in [2.45, 2.75) is 85.2 Å². The Hall–Kier alpha value is -4.86. The second-order valence-electron chi connectivity index (χ2n) is 16.9. The molecule has 3 atom stereocenters. The van der Waals surface area contributed by atoms with Gasteiger partial charge in [-0.2, -0.15) is 4.98 Å². The van der Waals surface area contributed by atoms with Crippen LogP contribution in [0.25, 0.3) is 5.69 Å². The number of piperidine rings is 1. The van der Waals surface area contributed by atoms with Gasteiger partial charge in [0.05, 0.1) is 5.69 Å². The predicted molar refractivity (Wildman–Crippen MR) is 202 cm³/mol. The van der Waals surface area contributed by atoms with E-state index in [2.05, 4.69) is 25.8 Å². The molecule has 54 heavy (non-hydrogen) atoms. The monoisotopic (exact) mass is 752 g/mol. The van der Waals surface area contributed by atoms with Gasteiger partial charge in [-0.15, -0.1) is 0 Å². The highest BCUT2D eigenvalue weighted by Crippen LogP contribution is 2.51. The summed E-state index contributed by atoms with van der Waals surface area (Å²) in [4.78, 5) is 72.9. The third kappa shape index (κ3) is 10.9. The van der Waals surface area contributed by atoms with Gasteiger partial charge >= 0.3 is 23.9 Å². The number of carbonyl (C=O) groups excluding carboxylic acids is 4. The van der Waals surface area contributed by atoms with Crippen LogP contribution in [0.4, 0.5) is 20.2 Å². The van der Waals surface area contributed by atoms with E-state index in [0.29, 0.717) is 35.7 Å². The number of hydrogen-bond donors (Lipinski definition) is 3. The van der Waals surface area contributed by atoms with Crippen LogP contribution in [0.1, 0.15) is 62.3 Å². The van der Waals surface area contributed by atoms with Crippen molar-refractivity contribution in [1.82, 2.24) is 34.9 Å². The van der Waals surface area contributed by atoms with Crippen molar-refractivity contribution >= 4 is 29.9 Å². The lowest BCUT2D eigenvalue weighted by Crippen LogP contribution is -2.60. The van der Waals surface area contributed by atoms with Crippen molar-refractivity contribution in [3.05, 3.63) is 47.0 Å². The first-order chi connectivity index (χ1) is 25.2. The summed E-state index contributed by atoms with van der Waals surface area (Å²) in [5, 5.41) is 8.21. The third-order valence-corrected chi connectivity index (χ3v) is 9.54. The van der Waals surface area contributed by atoms with Gasteiger partial charge in [0.2, 0.25) is 5.91 Å². The number of amides is 5. The number of alkyl carbamates (subject to hydrolysis) is 2. The number of urea groups is 1. The van der Waals surface area contributed by atoms with E-state index in [1.54, 1.807) is 68.8 Å². The zero-order valence-electron chi connectivity index (χ0n) is 32.9. The normalized spacial score (nSPS) is 20.7. The smallest absolute Gasteiger partial charge is 0.408 e. The number of ether oxygens (including phenoxy) is 3. The molecule has 5 amide bonds. The Morgan fingerprint density at radius 2 is 1.41 bits per heavy atom. The van der Waals surface area contributed by atoms with Crippen molar-refractivity contribution < 1.29 is 33.4 Å². The van der Waals surface area contributed by atoms with Crippen molar-refractivity contribution in [3.8, 4) is 11.4 Å². The molecule has 3 fully saturated rings. The molecule has 3 aliphatic rings. The molecule has 0 radical (unpaired) electrons. The number of piperazine rings is 1. The lowest BCUT2D eigenvalue weighted by molar-refractivity contribution is -0.138. The predicted octanol–water partition coefficient (Wildman–Crippen LogP) is 3.68. The van der Waals surface area contributed by atoms with Gasteiger partial charge in [0.25, 0.3) is 0 Å². The summed E-state index contributed by atoms with van der Waals surface area (Å²) in [6.07, 6.45) is 0.457. The number of benzene rings is 1. The maximum Gasteiger partial charge on any atom is 0.408 e. The Kier molecular flexibility index (Phi) is 11.8. The molecule has 2 saturated heterocycles. The zero-order chi connectivity index (χ0) is 39.6. The van der Waals surface area contributed by atoms with Crippen molar-refractivity contribution in [3.63, 3.8) is 0 Å². The van der Waals surface area contributed by atoms with Gasteiger partial charge in [-0.1, -0.05) is 0 Å². The van der Waals surface area contributed by atoms with Crippen molar-refractivity contribution in [2.24, 2.45) is 17.8 Å². The highest BCUT2D eigenvalue weighted by atomic mass is 16.6. The van der Waals surface area contributed by atoms with E-state index in [4.69, 9.17) is 14.2 Å². The molecule has 1 aliphatic carbocycles. The molecule has 16 nitrogen and oxygen atoms in total. The Morgan fingerprint density at radius 1 is 0.833 bits per heavy atom. The highest BCUT2D eigenvalue weighted by Gasteiger charge is 2.55. The molecule has 3 N–H and O–H groups in total. The van der Waals surface area contributed by atoms with Crippen LogP contribution in [0.5, 0.6) is 5.75 Å². The van der Waals surface area contributed by atoms with Gasteiger partial charge in [0.1, 0.15) is 34.4 Å². The first-order valence-corrected chi connectivity index (χ1v) is 18.6. The fraction of sp³-hybridized carbons (Fsp3) is 0.632. The SMILES string of the molecule is CC(CN1CC2C(CNC(=O)OC(C)(C)C)C2C1)Oc1ccc(-n2ccc(NC(=O)N3CCN(C(=O)C(C)(C)NC(=O)OC(C)(C)C)CC3)nc2=O)cc1. The fourth-order valence-corrected chi connectivity index (χ4v) is 7.00. The zero-order valence-corrected chi connectivity index (χ0v) is 32.9. The molecule has 0 bridgehead atoms. The number of fused-ring (bicyclic) bond motifs is 1. The summed E-state index contributed by atoms with van der Waals surface area (Å²) in [5.74, 6) is 2.18. The minimum Gasteiger partial charge on any atom is -0.489 e. The van der Waals surface area contributed by atoms with Crippen LogP contribution in [0.3, 0.4) is 0 Å². The third-order valence-electron chi connectivity index (χ3n) is 9.54. The molecule has 2 aromatic rings. The molecular formula is C38H56N8O8. The largest absolute Gasteiger partial charge is 0.489 e. The van der Waals surface area contributed by atoms with Gasteiger partial charge < -0.3 is 34.6 Å². The van der Waals surface area contributed by atoms with Gasteiger partial charge in [-0.3, -0.25) is 19.6 Å². The molecule has 3 heterocycles.